The third-order valence-electron chi connectivity index (χ3n) is 4.09. The summed E-state index contributed by atoms with van der Waals surface area (Å²) in [6.07, 6.45) is 4.02. The first-order valence-electron chi connectivity index (χ1n) is 6.49. The first kappa shape index (κ1) is 11.7. The van der Waals surface area contributed by atoms with Crippen molar-refractivity contribution in [1.82, 2.24) is 5.32 Å². The second kappa shape index (κ2) is 5.05. The molecule has 3 atom stereocenters. The quantitative estimate of drug-likeness (QED) is 0.841. The lowest BCUT2D eigenvalue weighted by atomic mass is 9.93. The summed E-state index contributed by atoms with van der Waals surface area (Å²) in [5, 5.41) is 3.63. The predicted molar refractivity (Wildman–Crippen MR) is 66.3 cm³/mol. The fraction of sp³-hybridized carbons (Fsp3) is 0.714. The summed E-state index contributed by atoms with van der Waals surface area (Å²) in [5.41, 5.74) is 0. The molecule has 16 heavy (non-hydrogen) atoms. The molecular weight excluding hydrogens is 198 g/mol. The largest absolute Gasteiger partial charge is 0.465 e. The second-order valence-electron chi connectivity index (χ2n) is 5.10. The van der Waals surface area contributed by atoms with E-state index in [0.29, 0.717) is 6.04 Å². The average Bonchev–Trinajstić information content (AvgIpc) is 2.83. The molecule has 1 fully saturated rings. The van der Waals surface area contributed by atoms with Crippen LogP contribution in [-0.4, -0.2) is 6.04 Å². The van der Waals surface area contributed by atoms with Gasteiger partial charge in [-0.05, 0) is 43.7 Å². The van der Waals surface area contributed by atoms with Gasteiger partial charge in [-0.1, -0.05) is 20.3 Å². The topological polar surface area (TPSA) is 25.2 Å². The summed E-state index contributed by atoms with van der Waals surface area (Å²) in [6.45, 7) is 7.56. The Morgan fingerprint density at radius 1 is 1.38 bits per heavy atom. The van der Waals surface area contributed by atoms with E-state index in [9.17, 15) is 0 Å². The van der Waals surface area contributed by atoms with Crippen molar-refractivity contribution in [2.24, 2.45) is 11.8 Å². The van der Waals surface area contributed by atoms with E-state index in [1.807, 2.05) is 13.0 Å². The SMILES string of the molecule is CCC1CCC(NCc2ccc(C)o2)C1C. The number of nitrogens with one attached hydrogen (secondary N) is 1. The van der Waals surface area contributed by atoms with Crippen LogP contribution in [0.1, 0.15) is 44.6 Å². The van der Waals surface area contributed by atoms with E-state index in [-0.39, 0.29) is 0 Å². The number of furan rings is 1. The van der Waals surface area contributed by atoms with Gasteiger partial charge in [0.2, 0.25) is 0 Å². The Hall–Kier alpha value is -0.760. The molecule has 1 N–H and O–H groups in total. The molecule has 1 heterocycles. The van der Waals surface area contributed by atoms with Crippen LogP contribution >= 0.6 is 0 Å². The Balaban J connectivity index is 1.83. The summed E-state index contributed by atoms with van der Waals surface area (Å²) in [6, 6.07) is 4.78. The van der Waals surface area contributed by atoms with Crippen molar-refractivity contribution < 1.29 is 4.42 Å². The molecule has 2 nitrogen and oxygen atoms in total. The molecule has 1 aromatic rings. The smallest absolute Gasteiger partial charge is 0.117 e. The van der Waals surface area contributed by atoms with Gasteiger partial charge in [-0.3, -0.25) is 0 Å². The normalized spacial score (nSPS) is 29.8. The van der Waals surface area contributed by atoms with Crippen molar-refractivity contribution >= 4 is 0 Å². The van der Waals surface area contributed by atoms with Crippen molar-refractivity contribution in [3.63, 3.8) is 0 Å². The van der Waals surface area contributed by atoms with Gasteiger partial charge >= 0.3 is 0 Å². The molecule has 0 bridgehead atoms. The third-order valence-corrected chi connectivity index (χ3v) is 4.09. The van der Waals surface area contributed by atoms with Crippen LogP contribution in [0.3, 0.4) is 0 Å². The van der Waals surface area contributed by atoms with Gasteiger partial charge in [0.05, 0.1) is 6.54 Å². The minimum absolute atomic E-state index is 0.676. The van der Waals surface area contributed by atoms with Crippen LogP contribution in [0.2, 0.25) is 0 Å². The van der Waals surface area contributed by atoms with Crippen molar-refractivity contribution in [1.29, 1.82) is 0 Å². The van der Waals surface area contributed by atoms with E-state index in [2.05, 4.69) is 25.2 Å². The van der Waals surface area contributed by atoms with Gasteiger partial charge in [0, 0.05) is 6.04 Å². The molecule has 1 aromatic heterocycles. The van der Waals surface area contributed by atoms with E-state index in [1.54, 1.807) is 0 Å². The van der Waals surface area contributed by atoms with Gasteiger partial charge in [-0.2, -0.15) is 0 Å². The van der Waals surface area contributed by atoms with Gasteiger partial charge in [-0.15, -0.1) is 0 Å². The highest BCUT2D eigenvalue weighted by atomic mass is 16.3. The zero-order valence-corrected chi connectivity index (χ0v) is 10.6. The summed E-state index contributed by atoms with van der Waals surface area (Å²) in [5.74, 6) is 3.78. The molecule has 1 aliphatic carbocycles. The second-order valence-corrected chi connectivity index (χ2v) is 5.10. The Morgan fingerprint density at radius 3 is 2.75 bits per heavy atom. The molecule has 2 heteroatoms. The van der Waals surface area contributed by atoms with Gasteiger partial charge in [0.1, 0.15) is 11.5 Å². The lowest BCUT2D eigenvalue weighted by Gasteiger charge is -2.20. The first-order valence-corrected chi connectivity index (χ1v) is 6.49. The van der Waals surface area contributed by atoms with Crippen molar-refractivity contribution in [3.05, 3.63) is 23.7 Å². The van der Waals surface area contributed by atoms with E-state index in [4.69, 9.17) is 4.42 Å². The molecule has 0 aliphatic heterocycles. The number of hydrogen-bond donors (Lipinski definition) is 1. The minimum Gasteiger partial charge on any atom is -0.465 e. The Labute approximate surface area is 98.4 Å². The van der Waals surface area contributed by atoms with E-state index in [1.165, 1.54) is 19.3 Å². The van der Waals surface area contributed by atoms with Crippen LogP contribution < -0.4 is 5.32 Å². The highest BCUT2D eigenvalue weighted by Crippen LogP contribution is 2.33. The molecule has 0 saturated heterocycles. The lowest BCUT2D eigenvalue weighted by Crippen LogP contribution is -2.32. The zero-order valence-electron chi connectivity index (χ0n) is 10.6. The monoisotopic (exact) mass is 221 g/mol. The van der Waals surface area contributed by atoms with Gasteiger partial charge in [0.15, 0.2) is 0 Å². The molecular formula is C14H23NO. The number of rotatable bonds is 4. The van der Waals surface area contributed by atoms with E-state index < -0.39 is 0 Å². The Morgan fingerprint density at radius 2 is 2.19 bits per heavy atom. The van der Waals surface area contributed by atoms with E-state index >= 15 is 0 Å². The molecule has 0 aromatic carbocycles. The maximum atomic E-state index is 5.57. The van der Waals surface area contributed by atoms with Crippen LogP contribution in [0.15, 0.2) is 16.5 Å². The van der Waals surface area contributed by atoms with Crippen molar-refractivity contribution in [2.45, 2.75) is 52.6 Å². The number of hydrogen-bond acceptors (Lipinski definition) is 2. The Kier molecular flexibility index (Phi) is 3.70. The average molecular weight is 221 g/mol. The maximum Gasteiger partial charge on any atom is 0.117 e. The zero-order chi connectivity index (χ0) is 11.5. The highest BCUT2D eigenvalue weighted by Gasteiger charge is 2.30. The predicted octanol–water partition coefficient (Wildman–Crippen LogP) is 3.50. The molecule has 0 spiro atoms. The van der Waals surface area contributed by atoms with Crippen LogP contribution in [0.5, 0.6) is 0 Å². The Bertz CT molecular complexity index is 331. The lowest BCUT2D eigenvalue weighted by molar-refractivity contribution is 0.334. The molecule has 0 amide bonds. The van der Waals surface area contributed by atoms with Crippen molar-refractivity contribution in [2.75, 3.05) is 0 Å². The molecule has 90 valence electrons. The van der Waals surface area contributed by atoms with Crippen LogP contribution in [0, 0.1) is 18.8 Å². The number of aryl methyl sites for hydroxylation is 1. The van der Waals surface area contributed by atoms with E-state index in [0.717, 1.165) is 29.9 Å². The fourth-order valence-corrected chi connectivity index (χ4v) is 2.92. The minimum atomic E-state index is 0.676. The van der Waals surface area contributed by atoms with Gasteiger partial charge < -0.3 is 9.73 Å². The summed E-state index contributed by atoms with van der Waals surface area (Å²) in [7, 11) is 0. The molecule has 1 aliphatic rings. The van der Waals surface area contributed by atoms with Crippen LogP contribution in [-0.2, 0) is 6.54 Å². The van der Waals surface area contributed by atoms with Crippen molar-refractivity contribution in [3.8, 4) is 0 Å². The molecule has 2 rings (SSSR count). The summed E-state index contributed by atoms with van der Waals surface area (Å²) in [4.78, 5) is 0. The van der Waals surface area contributed by atoms with Gasteiger partial charge in [0.25, 0.3) is 0 Å². The molecule has 1 saturated carbocycles. The fourth-order valence-electron chi connectivity index (χ4n) is 2.92. The first-order chi connectivity index (χ1) is 7.70. The maximum absolute atomic E-state index is 5.57. The highest BCUT2D eigenvalue weighted by molar-refractivity contribution is 5.05. The summed E-state index contributed by atoms with van der Waals surface area (Å²) < 4.78 is 5.57. The third kappa shape index (κ3) is 2.49. The molecule has 0 radical (unpaired) electrons. The van der Waals surface area contributed by atoms with Crippen LogP contribution in [0.4, 0.5) is 0 Å². The van der Waals surface area contributed by atoms with Gasteiger partial charge in [-0.25, -0.2) is 0 Å². The van der Waals surface area contributed by atoms with Crippen LogP contribution in [0.25, 0.3) is 0 Å². The molecule has 3 unspecified atom stereocenters. The summed E-state index contributed by atoms with van der Waals surface area (Å²) >= 11 is 0. The standard InChI is InChI=1S/C14H23NO/c1-4-12-6-8-14(11(12)3)15-9-13-7-5-10(2)16-13/h5,7,11-12,14-15H,4,6,8-9H2,1-3H3.